The molecule has 0 bridgehead atoms. The van der Waals surface area contributed by atoms with E-state index in [4.69, 9.17) is 9.15 Å². The van der Waals surface area contributed by atoms with Gasteiger partial charge in [-0.15, -0.1) is 0 Å². The van der Waals surface area contributed by atoms with Gasteiger partial charge in [0, 0.05) is 25.1 Å². The van der Waals surface area contributed by atoms with Gasteiger partial charge in [0.1, 0.15) is 5.76 Å². The van der Waals surface area contributed by atoms with Crippen molar-refractivity contribution in [1.82, 2.24) is 9.80 Å². The predicted molar refractivity (Wildman–Crippen MR) is 99.4 cm³/mol. The third-order valence-electron chi connectivity index (χ3n) is 4.48. The molecule has 26 heavy (non-hydrogen) atoms. The number of furan rings is 1. The molecule has 0 radical (unpaired) electrons. The summed E-state index contributed by atoms with van der Waals surface area (Å²) in [5.41, 5.74) is -0.504. The summed E-state index contributed by atoms with van der Waals surface area (Å²) in [5, 5.41) is 0. The topological polar surface area (TPSA) is 63.0 Å². The Kier molecular flexibility index (Phi) is 7.26. The zero-order chi connectivity index (χ0) is 19.2. The molecule has 0 aromatic carbocycles. The van der Waals surface area contributed by atoms with Gasteiger partial charge in [-0.3, -0.25) is 9.59 Å². The molecule has 1 aliphatic rings. The first-order valence-electron chi connectivity index (χ1n) is 9.52. The van der Waals surface area contributed by atoms with Gasteiger partial charge in [-0.25, -0.2) is 0 Å². The fourth-order valence-electron chi connectivity index (χ4n) is 3.14. The highest BCUT2D eigenvalue weighted by Crippen LogP contribution is 2.19. The van der Waals surface area contributed by atoms with Crippen LogP contribution in [0.4, 0.5) is 0 Å². The molecule has 2 amide bonds. The highest BCUT2D eigenvalue weighted by Gasteiger charge is 2.30. The van der Waals surface area contributed by atoms with Crippen LogP contribution >= 0.6 is 0 Å². The third-order valence-corrected chi connectivity index (χ3v) is 4.48. The average molecular weight is 364 g/mol. The maximum Gasteiger partial charge on any atom is 0.242 e. The largest absolute Gasteiger partial charge is 0.467 e. The van der Waals surface area contributed by atoms with Gasteiger partial charge >= 0.3 is 0 Å². The summed E-state index contributed by atoms with van der Waals surface area (Å²) in [6.07, 6.45) is 4.47. The SMILES string of the molecule is CCCN(CC(=O)N(Cc1ccco1)C[C@H]1CCCO1)C(=O)C(C)(C)C. The summed E-state index contributed by atoms with van der Waals surface area (Å²) in [7, 11) is 0. The van der Waals surface area contributed by atoms with E-state index in [0.717, 1.165) is 31.6 Å². The lowest BCUT2D eigenvalue weighted by molar-refractivity contribution is -0.146. The molecule has 0 spiro atoms. The molecule has 0 saturated carbocycles. The summed E-state index contributed by atoms with van der Waals surface area (Å²) < 4.78 is 11.1. The lowest BCUT2D eigenvalue weighted by Crippen LogP contribution is -2.48. The van der Waals surface area contributed by atoms with Crippen LogP contribution in [0, 0.1) is 5.41 Å². The normalized spacial score (nSPS) is 17.3. The molecule has 146 valence electrons. The fraction of sp³-hybridized carbons (Fsp3) is 0.700. The van der Waals surface area contributed by atoms with Crippen LogP contribution in [0.5, 0.6) is 0 Å². The lowest BCUT2D eigenvalue weighted by atomic mass is 9.94. The Labute approximate surface area is 156 Å². The fourth-order valence-corrected chi connectivity index (χ4v) is 3.14. The zero-order valence-electron chi connectivity index (χ0n) is 16.5. The lowest BCUT2D eigenvalue weighted by Gasteiger charge is -2.32. The Morgan fingerprint density at radius 3 is 2.58 bits per heavy atom. The Hall–Kier alpha value is -1.82. The summed E-state index contributed by atoms with van der Waals surface area (Å²) in [4.78, 5) is 29.1. The molecule has 6 heteroatoms. The molecular formula is C20H32N2O4. The molecule has 1 aromatic rings. The van der Waals surface area contributed by atoms with Crippen molar-refractivity contribution >= 4 is 11.8 Å². The summed E-state index contributed by atoms with van der Waals surface area (Å²) in [6, 6.07) is 3.68. The minimum absolute atomic E-state index is 0.00256. The molecule has 0 unspecified atom stereocenters. The Morgan fingerprint density at radius 2 is 2.04 bits per heavy atom. The summed E-state index contributed by atoms with van der Waals surface area (Å²) in [5.74, 6) is 0.672. The van der Waals surface area contributed by atoms with E-state index >= 15 is 0 Å². The summed E-state index contributed by atoms with van der Waals surface area (Å²) in [6.45, 7) is 10.0. The highest BCUT2D eigenvalue weighted by atomic mass is 16.5. The van der Waals surface area contributed by atoms with Gasteiger partial charge in [-0.1, -0.05) is 27.7 Å². The predicted octanol–water partition coefficient (Wildman–Crippen LogP) is 3.07. The van der Waals surface area contributed by atoms with Crippen LogP contribution in [0.1, 0.15) is 52.7 Å². The third kappa shape index (κ3) is 5.87. The van der Waals surface area contributed by atoms with E-state index in [2.05, 4.69) is 0 Å². The van der Waals surface area contributed by atoms with Gasteiger partial charge in [0.2, 0.25) is 11.8 Å². The van der Waals surface area contributed by atoms with E-state index in [0.29, 0.717) is 19.6 Å². The number of hydrogen-bond donors (Lipinski definition) is 0. The van der Waals surface area contributed by atoms with E-state index in [1.54, 1.807) is 16.1 Å². The van der Waals surface area contributed by atoms with E-state index in [1.807, 2.05) is 39.8 Å². The van der Waals surface area contributed by atoms with Crippen molar-refractivity contribution in [3.05, 3.63) is 24.2 Å². The first kappa shape index (κ1) is 20.5. The second kappa shape index (κ2) is 9.21. The van der Waals surface area contributed by atoms with Crippen molar-refractivity contribution in [3.63, 3.8) is 0 Å². The van der Waals surface area contributed by atoms with Crippen LogP contribution in [-0.2, 0) is 20.9 Å². The van der Waals surface area contributed by atoms with Crippen LogP contribution in [-0.4, -0.2) is 54.0 Å². The standard InChI is InChI=1S/C20H32N2O4/c1-5-10-21(19(24)20(2,3)4)15-18(23)22(13-16-8-6-11-25-16)14-17-9-7-12-26-17/h6,8,11,17H,5,7,9-10,12-15H2,1-4H3/t17-/m1/s1. The highest BCUT2D eigenvalue weighted by molar-refractivity contribution is 5.87. The van der Waals surface area contributed by atoms with E-state index in [-0.39, 0.29) is 24.5 Å². The van der Waals surface area contributed by atoms with E-state index in [1.165, 1.54) is 0 Å². The number of hydrogen-bond acceptors (Lipinski definition) is 4. The number of carbonyl (C=O) groups excluding carboxylic acids is 2. The smallest absolute Gasteiger partial charge is 0.242 e. The van der Waals surface area contributed by atoms with Crippen LogP contribution < -0.4 is 0 Å². The van der Waals surface area contributed by atoms with Gasteiger partial charge in [0.15, 0.2) is 0 Å². The van der Waals surface area contributed by atoms with Gasteiger partial charge in [-0.05, 0) is 31.4 Å². The van der Waals surface area contributed by atoms with Crippen LogP contribution in [0.2, 0.25) is 0 Å². The van der Waals surface area contributed by atoms with E-state index < -0.39 is 5.41 Å². The van der Waals surface area contributed by atoms with Gasteiger partial charge in [0.25, 0.3) is 0 Å². The molecule has 1 aromatic heterocycles. The second-order valence-electron chi connectivity index (χ2n) is 7.97. The number of rotatable bonds is 8. The van der Waals surface area contributed by atoms with Gasteiger partial charge < -0.3 is 19.0 Å². The average Bonchev–Trinajstić information content (AvgIpc) is 3.26. The second-order valence-corrected chi connectivity index (χ2v) is 7.97. The van der Waals surface area contributed by atoms with Crippen LogP contribution in [0.15, 0.2) is 22.8 Å². The number of nitrogens with zero attached hydrogens (tertiary/aromatic N) is 2. The molecule has 1 atom stereocenters. The number of carbonyl (C=O) groups is 2. The van der Waals surface area contributed by atoms with E-state index in [9.17, 15) is 9.59 Å². The summed E-state index contributed by atoms with van der Waals surface area (Å²) >= 11 is 0. The first-order valence-corrected chi connectivity index (χ1v) is 9.52. The Bertz CT molecular complexity index is 571. The molecule has 2 heterocycles. The molecule has 2 rings (SSSR count). The minimum Gasteiger partial charge on any atom is -0.467 e. The van der Waals surface area contributed by atoms with Crippen molar-refractivity contribution in [2.24, 2.45) is 5.41 Å². The number of ether oxygens (including phenoxy) is 1. The maximum absolute atomic E-state index is 13.0. The van der Waals surface area contributed by atoms with Crippen LogP contribution in [0.3, 0.4) is 0 Å². The van der Waals surface area contributed by atoms with Gasteiger partial charge in [0.05, 0.1) is 25.5 Å². The quantitative estimate of drug-likeness (QED) is 0.711. The van der Waals surface area contributed by atoms with Crippen molar-refractivity contribution in [1.29, 1.82) is 0 Å². The van der Waals surface area contributed by atoms with Gasteiger partial charge in [-0.2, -0.15) is 0 Å². The first-order chi connectivity index (χ1) is 12.3. The molecule has 0 N–H and O–H groups in total. The van der Waals surface area contributed by atoms with Crippen molar-refractivity contribution in [2.45, 2.75) is 59.6 Å². The Balaban J connectivity index is 2.08. The molecule has 1 fully saturated rings. The van der Waals surface area contributed by atoms with Crippen molar-refractivity contribution in [3.8, 4) is 0 Å². The molecular weight excluding hydrogens is 332 g/mol. The number of amides is 2. The molecule has 6 nitrogen and oxygen atoms in total. The zero-order valence-corrected chi connectivity index (χ0v) is 16.5. The van der Waals surface area contributed by atoms with Crippen molar-refractivity contribution < 1.29 is 18.7 Å². The monoisotopic (exact) mass is 364 g/mol. The Morgan fingerprint density at radius 1 is 1.27 bits per heavy atom. The minimum atomic E-state index is -0.504. The maximum atomic E-state index is 13.0. The molecule has 1 aliphatic heterocycles. The van der Waals surface area contributed by atoms with Crippen LogP contribution in [0.25, 0.3) is 0 Å². The molecule has 1 saturated heterocycles. The molecule has 0 aliphatic carbocycles. The van der Waals surface area contributed by atoms with Crippen molar-refractivity contribution in [2.75, 3.05) is 26.2 Å².